The minimum absolute atomic E-state index is 0.00916. The van der Waals surface area contributed by atoms with Gasteiger partial charge >= 0.3 is 5.97 Å². The number of benzene rings is 4. The second-order valence-corrected chi connectivity index (χ2v) is 18.5. The molecule has 4 aromatic carbocycles. The number of rotatable bonds is 27. The van der Waals surface area contributed by atoms with E-state index in [2.05, 4.69) is 16.0 Å². The Labute approximate surface area is 472 Å². The molecule has 7 rings (SSSR count). The lowest BCUT2D eigenvalue weighted by Crippen LogP contribution is -2.54. The first kappa shape index (κ1) is 63.4. The van der Waals surface area contributed by atoms with E-state index in [1.807, 2.05) is 56.3 Å². The topological polar surface area (TPSA) is 273 Å². The zero-order chi connectivity index (χ0) is 58.8. The molecule has 0 aromatic heterocycles. The summed E-state index contributed by atoms with van der Waals surface area (Å²) in [7, 11) is 7.76. The number of carboxylic acids is 1. The monoisotopic (exact) mass is 1130 g/mol. The van der Waals surface area contributed by atoms with Crippen molar-refractivity contribution >= 4 is 47.3 Å². The first-order valence-electron chi connectivity index (χ1n) is 27.0. The highest BCUT2D eigenvalue weighted by atomic mass is 16.5. The van der Waals surface area contributed by atoms with Gasteiger partial charge in [0, 0.05) is 39.3 Å². The minimum atomic E-state index is -1.10. The number of likely N-dealkylation sites (tertiary alicyclic amines) is 1. The van der Waals surface area contributed by atoms with Crippen LogP contribution in [0.5, 0.6) is 40.2 Å². The maximum Gasteiger partial charge on any atom is 0.326 e. The molecule has 0 saturated carbocycles. The Morgan fingerprint density at radius 3 is 1.88 bits per heavy atom. The first-order chi connectivity index (χ1) is 39.2. The van der Waals surface area contributed by atoms with E-state index in [1.54, 1.807) is 26.4 Å². The zero-order valence-electron chi connectivity index (χ0n) is 47.2. The first-order valence-corrected chi connectivity index (χ1v) is 27.0. The van der Waals surface area contributed by atoms with Crippen molar-refractivity contribution in [3.63, 3.8) is 0 Å². The fraction of sp³-hybridized carbons (Fsp3) is 0.458. The Morgan fingerprint density at radius 1 is 0.642 bits per heavy atom. The van der Waals surface area contributed by atoms with Gasteiger partial charge in [-0.2, -0.15) is 0 Å². The molecular weight excluding hydrogens is 1050 g/mol. The van der Waals surface area contributed by atoms with Crippen molar-refractivity contribution in [3.8, 4) is 40.2 Å². The van der Waals surface area contributed by atoms with Gasteiger partial charge in [-0.05, 0) is 117 Å². The van der Waals surface area contributed by atoms with Gasteiger partial charge in [0.25, 0.3) is 23.6 Å². The molecule has 0 aliphatic carbocycles. The van der Waals surface area contributed by atoms with E-state index >= 15 is 0 Å². The molecule has 4 aromatic rings. The maximum atomic E-state index is 13.2. The number of nitrogens with one attached hydrogen (secondary N) is 3. The number of piperidine rings is 2. The number of amides is 7. The van der Waals surface area contributed by atoms with Crippen LogP contribution in [-0.2, 0) is 52.8 Å². The SMILES string of the molecule is CC.COc1cc(CC(=O)N2CCCCC2C(=O)O)cc(OC)c1OC.COc1ccc(CCCc2ccccc2OCC(=O)NCCCOCCCNC(=O)COc2cccc3c2C(=O)N(C2CCC(=O)NC2=O)C3=O)cc1OC. The second kappa shape index (κ2) is 32.6. The molecule has 81 heavy (non-hydrogen) atoms. The van der Waals surface area contributed by atoms with Crippen LogP contribution in [0.15, 0.2) is 72.8 Å². The number of fused-ring (bicyclic) bond motifs is 1. The Morgan fingerprint density at radius 2 is 1.26 bits per heavy atom. The third-order valence-electron chi connectivity index (χ3n) is 13.2. The van der Waals surface area contributed by atoms with Gasteiger partial charge in [0.2, 0.25) is 23.5 Å². The number of hydrogen-bond donors (Lipinski definition) is 4. The Balaban J connectivity index is 0.000000385. The van der Waals surface area contributed by atoms with E-state index in [1.165, 1.54) is 44.4 Å². The fourth-order valence-corrected chi connectivity index (χ4v) is 9.27. The average Bonchev–Trinajstić information content (AvgIpc) is 3.97. The van der Waals surface area contributed by atoms with Gasteiger partial charge in [0.05, 0.1) is 53.1 Å². The molecule has 22 nitrogen and oxygen atoms in total. The molecule has 7 amide bonds. The lowest BCUT2D eigenvalue weighted by molar-refractivity contribution is -0.151. The van der Waals surface area contributed by atoms with Gasteiger partial charge in [-0.3, -0.25) is 43.8 Å². The molecule has 2 fully saturated rings. The molecule has 3 aliphatic heterocycles. The van der Waals surface area contributed by atoms with Gasteiger partial charge in [-0.15, -0.1) is 0 Å². The summed E-state index contributed by atoms with van der Waals surface area (Å²) in [6.07, 6.45) is 5.94. The molecule has 0 bridgehead atoms. The van der Waals surface area contributed by atoms with Gasteiger partial charge in [0.1, 0.15) is 23.6 Å². The molecule has 3 heterocycles. The standard InChI is InChI=1S/C40H46N4O11.C17H23NO6.C2H6/c1-51-31-17-15-26(23-33(31)52-2)9-5-11-27-10-3-4-13-30(27)54-24-35(46)41-19-7-21-53-22-8-20-42-36(47)25-55-32-14-6-12-28-37(32)40(50)44(39(28)49)29-16-18-34(45)43-38(29)48;1-22-13-8-11(9-14(23-2)16(13)24-3)10-15(19)18-7-5-4-6-12(18)17(20)21;1-2/h3-4,6,10,12-15,17,23,29H,5,7-9,11,16,18-22,24-25H2,1-2H3,(H,41,46)(H,42,47)(H,43,45,48);8-9,12H,4-7,10H2,1-3H3,(H,20,21);1-2H3. The number of ether oxygens (including phenoxy) is 8. The highest BCUT2D eigenvalue weighted by Crippen LogP contribution is 2.39. The van der Waals surface area contributed by atoms with E-state index in [9.17, 15) is 43.5 Å². The molecule has 4 N–H and O–H groups in total. The van der Waals surface area contributed by atoms with Gasteiger partial charge in [-0.25, -0.2) is 4.79 Å². The summed E-state index contributed by atoms with van der Waals surface area (Å²) < 4.78 is 43.6. The summed E-state index contributed by atoms with van der Waals surface area (Å²) in [5.74, 6) is -0.859. The molecule has 2 atom stereocenters. The zero-order valence-corrected chi connectivity index (χ0v) is 47.2. The number of carbonyl (C=O) groups excluding carboxylic acids is 7. The number of carboxylic acid groups (broad SMARTS) is 1. The van der Waals surface area contributed by atoms with Crippen LogP contribution in [0.1, 0.15) is 103 Å². The second-order valence-electron chi connectivity index (χ2n) is 18.5. The summed E-state index contributed by atoms with van der Waals surface area (Å²) in [6.45, 7) is 5.53. The largest absolute Gasteiger partial charge is 0.493 e. The van der Waals surface area contributed by atoms with Gasteiger partial charge in [0.15, 0.2) is 36.2 Å². The summed E-state index contributed by atoms with van der Waals surface area (Å²) >= 11 is 0. The molecule has 3 aliphatic rings. The summed E-state index contributed by atoms with van der Waals surface area (Å²) in [4.78, 5) is 101. The Bertz CT molecular complexity index is 2800. The third kappa shape index (κ3) is 17.8. The summed E-state index contributed by atoms with van der Waals surface area (Å²) in [5.41, 5.74) is 2.90. The smallest absolute Gasteiger partial charge is 0.326 e. The predicted octanol–water partition coefficient (Wildman–Crippen LogP) is 5.51. The third-order valence-corrected chi connectivity index (χ3v) is 13.2. The number of aliphatic carboxylic acids is 1. The number of hydrogen-bond acceptors (Lipinski definition) is 16. The van der Waals surface area contributed by atoms with Gasteiger partial charge < -0.3 is 58.5 Å². The van der Waals surface area contributed by atoms with Gasteiger partial charge in [-0.1, -0.05) is 44.2 Å². The Hall–Kier alpha value is -8.40. The minimum Gasteiger partial charge on any atom is -0.493 e. The van der Waals surface area contributed by atoms with Crippen LogP contribution in [0.3, 0.4) is 0 Å². The summed E-state index contributed by atoms with van der Waals surface area (Å²) in [6, 6.07) is 19.6. The molecule has 438 valence electrons. The van der Waals surface area contributed by atoms with Crippen molar-refractivity contribution in [1.29, 1.82) is 0 Å². The quantitative estimate of drug-likeness (QED) is 0.0423. The van der Waals surface area contributed by atoms with E-state index in [0.717, 1.165) is 48.1 Å². The van der Waals surface area contributed by atoms with Crippen molar-refractivity contribution in [2.75, 3.05) is 81.6 Å². The molecule has 2 unspecified atom stereocenters. The fourth-order valence-electron chi connectivity index (χ4n) is 9.27. The lowest BCUT2D eigenvalue weighted by atomic mass is 10.0. The normalized spacial score (nSPS) is 15.3. The van der Waals surface area contributed by atoms with Crippen LogP contribution in [-0.4, -0.2) is 156 Å². The molecule has 0 radical (unpaired) electrons. The molecular formula is C59H75N5O17. The highest BCUT2D eigenvalue weighted by molar-refractivity contribution is 6.24. The lowest BCUT2D eigenvalue weighted by Gasteiger charge is -2.33. The molecule has 0 spiro atoms. The number of imide groups is 2. The number of carbonyl (C=O) groups is 8. The van der Waals surface area contributed by atoms with Crippen molar-refractivity contribution in [3.05, 3.63) is 101 Å². The van der Waals surface area contributed by atoms with Crippen LogP contribution in [0, 0.1) is 0 Å². The number of methoxy groups -OCH3 is 5. The van der Waals surface area contributed by atoms with Crippen LogP contribution < -0.4 is 49.1 Å². The van der Waals surface area contributed by atoms with Crippen LogP contribution in [0.4, 0.5) is 0 Å². The van der Waals surface area contributed by atoms with E-state index in [0.29, 0.717) is 92.2 Å². The average molecular weight is 1130 g/mol. The predicted molar refractivity (Wildman–Crippen MR) is 296 cm³/mol. The molecule has 2 saturated heterocycles. The van der Waals surface area contributed by atoms with Crippen LogP contribution in [0.2, 0.25) is 0 Å². The van der Waals surface area contributed by atoms with Crippen molar-refractivity contribution in [2.45, 2.75) is 96.6 Å². The summed E-state index contributed by atoms with van der Waals surface area (Å²) in [5, 5.41) is 17.0. The number of aryl methyl sites for hydroxylation is 2. The van der Waals surface area contributed by atoms with Crippen molar-refractivity contribution < 1.29 is 81.4 Å². The molecule has 22 heteroatoms. The number of nitrogens with zero attached hydrogens (tertiary/aromatic N) is 2. The Kier molecular flexibility index (Phi) is 25.5. The van der Waals surface area contributed by atoms with E-state index in [-0.39, 0.29) is 54.6 Å². The van der Waals surface area contributed by atoms with Crippen molar-refractivity contribution in [2.24, 2.45) is 0 Å². The van der Waals surface area contributed by atoms with E-state index in [4.69, 9.17) is 37.9 Å². The van der Waals surface area contributed by atoms with Crippen LogP contribution in [0.25, 0.3) is 0 Å². The number of para-hydroxylation sites is 1. The van der Waals surface area contributed by atoms with E-state index < -0.39 is 54.2 Å². The van der Waals surface area contributed by atoms with Crippen LogP contribution >= 0.6 is 0 Å². The maximum absolute atomic E-state index is 13.2. The highest BCUT2D eigenvalue weighted by Gasteiger charge is 2.46. The van der Waals surface area contributed by atoms with Crippen molar-refractivity contribution in [1.82, 2.24) is 25.8 Å².